The number of nitrogens with one attached hydrogen (secondary N) is 1. The zero-order valence-corrected chi connectivity index (χ0v) is 14.3. The van der Waals surface area contributed by atoms with Gasteiger partial charge in [-0.05, 0) is 18.2 Å². The minimum atomic E-state index is -0.616. The van der Waals surface area contributed by atoms with Crippen molar-refractivity contribution in [3.8, 4) is 17.2 Å². The van der Waals surface area contributed by atoms with Gasteiger partial charge in [0.05, 0.1) is 13.7 Å². The van der Waals surface area contributed by atoms with Crippen LogP contribution in [0.4, 0.5) is 9.18 Å². The highest BCUT2D eigenvalue weighted by atomic mass is 19.1. The van der Waals surface area contributed by atoms with Gasteiger partial charge < -0.3 is 19.5 Å². The quantitative estimate of drug-likeness (QED) is 0.661. The third-order valence-corrected chi connectivity index (χ3v) is 4.27. The molecule has 0 radical (unpaired) electrons. The summed E-state index contributed by atoms with van der Waals surface area (Å²) in [5.41, 5.74) is 0.856. The van der Waals surface area contributed by atoms with Crippen LogP contribution in [0.3, 0.4) is 0 Å². The fourth-order valence-electron chi connectivity index (χ4n) is 2.90. The second-order valence-electron chi connectivity index (χ2n) is 5.92. The van der Waals surface area contributed by atoms with Gasteiger partial charge in [0.15, 0.2) is 11.5 Å². The molecule has 2 aliphatic heterocycles. The Morgan fingerprint density at radius 3 is 2.70 bits per heavy atom. The normalized spacial score (nSPS) is 16.8. The second-order valence-corrected chi connectivity index (χ2v) is 5.92. The summed E-state index contributed by atoms with van der Waals surface area (Å²) >= 11 is 0. The molecule has 2 aromatic carbocycles. The highest BCUT2D eigenvalue weighted by Crippen LogP contribution is 2.39. The lowest BCUT2D eigenvalue weighted by atomic mass is 10.1. The van der Waals surface area contributed by atoms with Crippen molar-refractivity contribution in [3.05, 3.63) is 59.0 Å². The van der Waals surface area contributed by atoms with Crippen molar-refractivity contribution in [2.45, 2.75) is 6.54 Å². The minimum Gasteiger partial charge on any atom is -0.496 e. The van der Waals surface area contributed by atoms with Gasteiger partial charge in [-0.3, -0.25) is 9.69 Å². The average Bonchev–Trinajstić information content (AvgIpc) is 3.22. The van der Waals surface area contributed by atoms with E-state index in [4.69, 9.17) is 14.2 Å². The molecule has 8 heteroatoms. The number of fused-ring (bicyclic) bond motifs is 1. The lowest BCUT2D eigenvalue weighted by Gasteiger charge is -2.12. The summed E-state index contributed by atoms with van der Waals surface area (Å²) in [6, 6.07) is 8.68. The molecule has 4 rings (SSSR count). The number of amides is 3. The molecular formula is C19H15FN2O5. The fourth-order valence-corrected chi connectivity index (χ4v) is 2.90. The molecule has 0 spiro atoms. The van der Waals surface area contributed by atoms with Gasteiger partial charge in [0.2, 0.25) is 6.79 Å². The van der Waals surface area contributed by atoms with Crippen molar-refractivity contribution in [1.29, 1.82) is 0 Å². The molecule has 0 bridgehead atoms. The van der Waals surface area contributed by atoms with Crippen LogP contribution >= 0.6 is 0 Å². The molecule has 138 valence electrons. The fraction of sp³-hybridized carbons (Fsp3) is 0.158. The topological polar surface area (TPSA) is 77.1 Å². The van der Waals surface area contributed by atoms with Gasteiger partial charge in [-0.2, -0.15) is 0 Å². The molecule has 2 heterocycles. The minimum absolute atomic E-state index is 0.0634. The van der Waals surface area contributed by atoms with Crippen LogP contribution in [0, 0.1) is 5.82 Å². The molecule has 0 aliphatic carbocycles. The Kier molecular flexibility index (Phi) is 4.15. The standard InChI is InChI=1S/C19H15FN2O5/c1-25-15-8-17-16(26-10-27-17)7-12(15)6-14-18(23)22(19(24)21-14)9-11-4-2-3-5-13(11)20/h2-8H,9-10H2,1H3,(H,21,24)/b14-6-. The Bertz CT molecular complexity index is 973. The summed E-state index contributed by atoms with van der Waals surface area (Å²) in [5, 5.41) is 2.51. The van der Waals surface area contributed by atoms with Crippen molar-refractivity contribution in [2.24, 2.45) is 0 Å². The Morgan fingerprint density at radius 1 is 1.22 bits per heavy atom. The monoisotopic (exact) mass is 370 g/mol. The second kappa shape index (κ2) is 6.64. The number of imide groups is 1. The van der Waals surface area contributed by atoms with E-state index in [0.29, 0.717) is 22.8 Å². The maximum absolute atomic E-state index is 13.8. The smallest absolute Gasteiger partial charge is 0.329 e. The molecule has 0 atom stereocenters. The van der Waals surface area contributed by atoms with Crippen molar-refractivity contribution in [3.63, 3.8) is 0 Å². The molecule has 1 N–H and O–H groups in total. The summed E-state index contributed by atoms with van der Waals surface area (Å²) in [5.74, 6) is 0.483. The lowest BCUT2D eigenvalue weighted by Crippen LogP contribution is -2.30. The van der Waals surface area contributed by atoms with Gasteiger partial charge in [0.1, 0.15) is 17.3 Å². The molecule has 3 amide bonds. The van der Waals surface area contributed by atoms with Gasteiger partial charge in [-0.15, -0.1) is 0 Å². The largest absolute Gasteiger partial charge is 0.496 e. The molecule has 27 heavy (non-hydrogen) atoms. The van der Waals surface area contributed by atoms with E-state index in [1.54, 1.807) is 24.3 Å². The van der Waals surface area contributed by atoms with Crippen molar-refractivity contribution in [2.75, 3.05) is 13.9 Å². The first-order chi connectivity index (χ1) is 13.1. The Morgan fingerprint density at radius 2 is 1.96 bits per heavy atom. The predicted molar refractivity (Wildman–Crippen MR) is 92.6 cm³/mol. The van der Waals surface area contributed by atoms with E-state index in [0.717, 1.165) is 4.90 Å². The third kappa shape index (κ3) is 3.05. The van der Waals surface area contributed by atoms with E-state index in [1.807, 2.05) is 0 Å². The van der Waals surface area contributed by atoms with Crippen LogP contribution in [-0.2, 0) is 11.3 Å². The van der Waals surface area contributed by atoms with Gasteiger partial charge >= 0.3 is 6.03 Å². The Balaban J connectivity index is 1.63. The highest BCUT2D eigenvalue weighted by molar-refractivity contribution is 6.14. The number of rotatable bonds is 4. The number of carbonyl (C=O) groups excluding carboxylic acids is 2. The first-order valence-corrected chi connectivity index (χ1v) is 8.12. The molecule has 2 aromatic rings. The number of methoxy groups -OCH3 is 1. The average molecular weight is 370 g/mol. The number of benzene rings is 2. The first kappa shape index (κ1) is 16.9. The van der Waals surface area contributed by atoms with E-state index < -0.39 is 17.8 Å². The molecule has 0 aromatic heterocycles. The molecule has 7 nitrogen and oxygen atoms in total. The Labute approximate surface area is 153 Å². The van der Waals surface area contributed by atoms with Crippen molar-refractivity contribution in [1.82, 2.24) is 10.2 Å². The summed E-state index contributed by atoms with van der Waals surface area (Å²) in [6.45, 7) is -0.0580. The lowest BCUT2D eigenvalue weighted by molar-refractivity contribution is -0.123. The van der Waals surface area contributed by atoms with Crippen LogP contribution in [0.1, 0.15) is 11.1 Å². The Hall–Kier alpha value is -3.55. The highest BCUT2D eigenvalue weighted by Gasteiger charge is 2.34. The first-order valence-electron chi connectivity index (χ1n) is 8.12. The molecular weight excluding hydrogens is 355 g/mol. The molecule has 1 fully saturated rings. The van der Waals surface area contributed by atoms with Crippen LogP contribution in [0.2, 0.25) is 0 Å². The van der Waals surface area contributed by atoms with E-state index in [2.05, 4.69) is 5.32 Å². The summed E-state index contributed by atoms with van der Waals surface area (Å²) in [4.78, 5) is 25.8. The van der Waals surface area contributed by atoms with Crippen LogP contribution in [0.15, 0.2) is 42.1 Å². The third-order valence-electron chi connectivity index (χ3n) is 4.27. The van der Waals surface area contributed by atoms with Crippen LogP contribution in [0.5, 0.6) is 17.2 Å². The van der Waals surface area contributed by atoms with Crippen LogP contribution in [0.25, 0.3) is 6.08 Å². The van der Waals surface area contributed by atoms with Gasteiger partial charge in [-0.1, -0.05) is 18.2 Å². The van der Waals surface area contributed by atoms with Crippen molar-refractivity contribution < 1.29 is 28.2 Å². The van der Waals surface area contributed by atoms with E-state index >= 15 is 0 Å². The predicted octanol–water partition coefficient (Wildman–Crippen LogP) is 2.66. The molecule has 0 saturated carbocycles. The van der Waals surface area contributed by atoms with E-state index in [9.17, 15) is 14.0 Å². The van der Waals surface area contributed by atoms with E-state index in [-0.39, 0.29) is 24.6 Å². The summed E-state index contributed by atoms with van der Waals surface area (Å²) in [7, 11) is 1.49. The number of carbonyl (C=O) groups is 2. The number of halogens is 1. The maximum atomic E-state index is 13.8. The summed E-state index contributed by atoms with van der Waals surface area (Å²) < 4.78 is 29.8. The zero-order valence-electron chi connectivity index (χ0n) is 14.3. The SMILES string of the molecule is COc1cc2c(cc1/C=C1\NC(=O)N(Cc3ccccc3F)C1=O)OCO2. The van der Waals surface area contributed by atoms with Crippen molar-refractivity contribution >= 4 is 18.0 Å². The number of nitrogens with zero attached hydrogens (tertiary/aromatic N) is 1. The number of hydrogen-bond acceptors (Lipinski definition) is 5. The molecule has 2 aliphatic rings. The number of hydrogen-bond donors (Lipinski definition) is 1. The molecule has 0 unspecified atom stereocenters. The van der Waals surface area contributed by atoms with Crippen LogP contribution < -0.4 is 19.5 Å². The maximum Gasteiger partial charge on any atom is 0.329 e. The number of urea groups is 1. The van der Waals surface area contributed by atoms with Crippen LogP contribution in [-0.4, -0.2) is 30.7 Å². The van der Waals surface area contributed by atoms with E-state index in [1.165, 1.54) is 25.3 Å². The van der Waals surface area contributed by atoms with Gasteiger partial charge in [0, 0.05) is 17.2 Å². The summed E-state index contributed by atoms with van der Waals surface area (Å²) in [6.07, 6.45) is 1.49. The molecule has 1 saturated heterocycles. The van der Waals surface area contributed by atoms with Gasteiger partial charge in [-0.25, -0.2) is 9.18 Å². The number of ether oxygens (including phenoxy) is 3. The van der Waals surface area contributed by atoms with Gasteiger partial charge in [0.25, 0.3) is 5.91 Å². The zero-order chi connectivity index (χ0) is 19.0.